The molecule has 0 saturated carbocycles. The van der Waals surface area contributed by atoms with E-state index in [4.69, 9.17) is 0 Å². The van der Waals surface area contributed by atoms with E-state index in [1.165, 1.54) is 12.3 Å². The van der Waals surface area contributed by atoms with Crippen LogP contribution in [0.3, 0.4) is 0 Å². The van der Waals surface area contributed by atoms with Crippen molar-refractivity contribution in [2.24, 2.45) is 4.99 Å². The summed E-state index contributed by atoms with van der Waals surface area (Å²) in [6, 6.07) is 2.85. The number of pyridine rings is 1. The van der Waals surface area contributed by atoms with Gasteiger partial charge in [-0.3, -0.25) is 4.99 Å². The molecule has 1 atom stereocenters. The molecule has 0 spiro atoms. The molecule has 2 rings (SSSR count). The van der Waals surface area contributed by atoms with Crippen LogP contribution in [0.5, 0.6) is 5.88 Å². The van der Waals surface area contributed by atoms with Crippen molar-refractivity contribution in [2.45, 2.75) is 24.9 Å². The third-order valence-electron chi connectivity index (χ3n) is 4.05. The second kappa shape index (κ2) is 10.0. The fourth-order valence-corrected chi connectivity index (χ4v) is 2.42. The third kappa shape index (κ3) is 6.02. The summed E-state index contributed by atoms with van der Waals surface area (Å²) < 4.78 is 54.7. The van der Waals surface area contributed by atoms with Crippen LogP contribution in [-0.4, -0.2) is 43.2 Å². The van der Waals surface area contributed by atoms with E-state index in [-0.39, 0.29) is 18.5 Å². The molecule has 0 aliphatic carbocycles. The summed E-state index contributed by atoms with van der Waals surface area (Å²) in [5.74, 6) is -4.39. The van der Waals surface area contributed by atoms with Crippen molar-refractivity contribution in [2.75, 3.05) is 13.7 Å². The maximum Gasteiger partial charge on any atom is 0.340 e. The van der Waals surface area contributed by atoms with Gasteiger partial charge in [0.15, 0.2) is 6.61 Å². The van der Waals surface area contributed by atoms with Crippen LogP contribution in [0.4, 0.5) is 17.6 Å². The summed E-state index contributed by atoms with van der Waals surface area (Å²) in [7, 11) is 1.82. The summed E-state index contributed by atoms with van der Waals surface area (Å²) in [5.41, 5.74) is 3.09. The van der Waals surface area contributed by atoms with Crippen LogP contribution in [-0.2, 0) is 6.54 Å². The number of likely N-dealkylation sites (N-methyl/N-ethyl adjacent to an activating group) is 1. The fourth-order valence-electron chi connectivity index (χ4n) is 2.42. The van der Waals surface area contributed by atoms with Crippen LogP contribution in [0, 0.1) is 0 Å². The number of alkyl halides is 4. The molecule has 0 saturated heterocycles. The quantitative estimate of drug-likeness (QED) is 0.351. The van der Waals surface area contributed by atoms with E-state index in [1.54, 1.807) is 18.4 Å². The molecule has 1 aromatic rings. The van der Waals surface area contributed by atoms with Crippen LogP contribution in [0.1, 0.15) is 5.56 Å². The molecule has 0 bridgehead atoms. The Morgan fingerprint density at radius 1 is 1.45 bits per heavy atom. The van der Waals surface area contributed by atoms with Crippen molar-refractivity contribution in [3.8, 4) is 5.88 Å². The average molecular weight is 410 g/mol. The highest BCUT2D eigenvalue weighted by Crippen LogP contribution is 2.24. The minimum Gasteiger partial charge on any atom is -0.471 e. The van der Waals surface area contributed by atoms with Crippen molar-refractivity contribution >= 4 is 6.21 Å². The predicted molar refractivity (Wildman–Crippen MR) is 104 cm³/mol. The number of aliphatic imine (C=N–C) groups is 1. The molecule has 2 heterocycles. The minimum atomic E-state index is -4.22. The van der Waals surface area contributed by atoms with E-state index >= 15 is 0 Å². The van der Waals surface area contributed by atoms with E-state index in [1.807, 2.05) is 19.3 Å². The minimum absolute atomic E-state index is 0.0582. The van der Waals surface area contributed by atoms with Gasteiger partial charge in [-0.05, 0) is 30.5 Å². The summed E-state index contributed by atoms with van der Waals surface area (Å²) in [6.45, 7) is 6.51. The Morgan fingerprint density at radius 2 is 2.21 bits per heavy atom. The number of dihydropyridines is 1. The normalized spacial score (nSPS) is 17.0. The molecule has 1 unspecified atom stereocenters. The smallest absolute Gasteiger partial charge is 0.340 e. The van der Waals surface area contributed by atoms with Gasteiger partial charge in [0.1, 0.15) is 0 Å². The molecular weight excluding hydrogens is 388 g/mol. The first-order valence-corrected chi connectivity index (χ1v) is 8.68. The van der Waals surface area contributed by atoms with Crippen molar-refractivity contribution in [3.05, 3.63) is 72.2 Å². The molecule has 1 aliphatic heterocycles. The number of halogens is 4. The number of ether oxygens (including phenoxy) is 1. The van der Waals surface area contributed by atoms with Gasteiger partial charge >= 0.3 is 12.3 Å². The van der Waals surface area contributed by atoms with Crippen molar-refractivity contribution in [1.82, 2.24) is 15.6 Å². The summed E-state index contributed by atoms with van der Waals surface area (Å²) in [5, 5.41) is 6.29. The number of aromatic nitrogens is 1. The SMILES string of the molecule is C=CC(=C)C1=C(C=NCc2ccc(OCC(F)(F)C(F)F)nc2)C(NC)C=CN1. The molecule has 9 heteroatoms. The van der Waals surface area contributed by atoms with E-state index in [0.29, 0.717) is 5.56 Å². The zero-order valence-electron chi connectivity index (χ0n) is 15.8. The second-order valence-corrected chi connectivity index (χ2v) is 6.15. The molecule has 29 heavy (non-hydrogen) atoms. The standard InChI is InChI=1S/C20H22F4N4O/c1-4-13(2)18-15(16(25-3)7-8-27-18)11-26-9-14-5-6-17(28-10-14)29-12-20(23,24)19(21)22/h4-8,10-11,16,19,25,27H,1-2,9,12H2,3H3. The van der Waals surface area contributed by atoms with Gasteiger partial charge in [0.2, 0.25) is 5.88 Å². The van der Waals surface area contributed by atoms with Crippen LogP contribution in [0.25, 0.3) is 0 Å². The lowest BCUT2D eigenvalue weighted by atomic mass is 9.99. The Hall–Kier alpha value is -2.94. The lowest BCUT2D eigenvalue weighted by Gasteiger charge is -2.23. The van der Waals surface area contributed by atoms with Crippen LogP contribution in [0.15, 0.2) is 71.7 Å². The third-order valence-corrected chi connectivity index (χ3v) is 4.05. The van der Waals surface area contributed by atoms with Gasteiger partial charge in [0, 0.05) is 24.1 Å². The highest BCUT2D eigenvalue weighted by molar-refractivity contribution is 5.84. The zero-order valence-corrected chi connectivity index (χ0v) is 15.8. The van der Waals surface area contributed by atoms with Gasteiger partial charge in [-0.1, -0.05) is 25.3 Å². The Labute approximate surface area is 166 Å². The van der Waals surface area contributed by atoms with Crippen LogP contribution >= 0.6 is 0 Å². The Bertz CT molecular complexity index is 816. The number of nitrogens with zero attached hydrogens (tertiary/aromatic N) is 2. The summed E-state index contributed by atoms with van der Waals surface area (Å²) in [4.78, 5) is 8.24. The van der Waals surface area contributed by atoms with Gasteiger partial charge in [-0.2, -0.15) is 8.78 Å². The molecule has 0 amide bonds. The Morgan fingerprint density at radius 3 is 2.79 bits per heavy atom. The average Bonchev–Trinajstić information content (AvgIpc) is 2.72. The topological polar surface area (TPSA) is 58.5 Å². The lowest BCUT2D eigenvalue weighted by molar-refractivity contribution is -0.148. The van der Waals surface area contributed by atoms with Gasteiger partial charge in [0.25, 0.3) is 0 Å². The number of allylic oxidation sites excluding steroid dienone is 1. The first-order valence-electron chi connectivity index (χ1n) is 8.68. The maximum atomic E-state index is 12.9. The number of rotatable bonds is 10. The molecule has 1 aromatic heterocycles. The van der Waals surface area contributed by atoms with E-state index in [9.17, 15) is 17.6 Å². The van der Waals surface area contributed by atoms with Crippen molar-refractivity contribution < 1.29 is 22.3 Å². The highest BCUT2D eigenvalue weighted by atomic mass is 19.3. The van der Waals surface area contributed by atoms with Crippen LogP contribution in [0.2, 0.25) is 0 Å². The van der Waals surface area contributed by atoms with Crippen molar-refractivity contribution in [3.63, 3.8) is 0 Å². The summed E-state index contributed by atoms with van der Waals surface area (Å²) >= 11 is 0. The van der Waals surface area contributed by atoms with Crippen LogP contribution < -0.4 is 15.4 Å². The van der Waals surface area contributed by atoms with Gasteiger partial charge in [-0.15, -0.1) is 0 Å². The number of nitrogens with one attached hydrogen (secondary N) is 2. The molecular formula is C20H22F4N4O. The monoisotopic (exact) mass is 410 g/mol. The van der Waals surface area contributed by atoms with Gasteiger partial charge in [0.05, 0.1) is 18.3 Å². The van der Waals surface area contributed by atoms with E-state index in [0.717, 1.165) is 16.8 Å². The second-order valence-electron chi connectivity index (χ2n) is 6.15. The fraction of sp³-hybridized carbons (Fsp3) is 0.300. The lowest BCUT2D eigenvalue weighted by Crippen LogP contribution is -2.33. The Kier molecular flexibility index (Phi) is 7.72. The predicted octanol–water partition coefficient (Wildman–Crippen LogP) is 3.63. The van der Waals surface area contributed by atoms with Gasteiger partial charge < -0.3 is 15.4 Å². The van der Waals surface area contributed by atoms with E-state index in [2.05, 4.69) is 38.5 Å². The first-order chi connectivity index (χ1) is 13.8. The zero-order chi connectivity index (χ0) is 21.4. The number of hydrogen-bond acceptors (Lipinski definition) is 5. The molecule has 0 aromatic carbocycles. The molecule has 5 nitrogen and oxygen atoms in total. The van der Waals surface area contributed by atoms with E-state index < -0.39 is 19.0 Å². The van der Waals surface area contributed by atoms with Gasteiger partial charge in [-0.25, -0.2) is 13.8 Å². The summed E-state index contributed by atoms with van der Waals surface area (Å²) in [6.07, 6.45) is 4.68. The van der Waals surface area contributed by atoms with Crippen molar-refractivity contribution in [1.29, 1.82) is 0 Å². The molecule has 2 N–H and O–H groups in total. The molecule has 0 radical (unpaired) electrons. The highest BCUT2D eigenvalue weighted by Gasteiger charge is 2.41. The largest absolute Gasteiger partial charge is 0.471 e. The maximum absolute atomic E-state index is 12.9. The first kappa shape index (κ1) is 22.4. The molecule has 156 valence electrons. The number of hydrogen-bond donors (Lipinski definition) is 2. The Balaban J connectivity index is 2.03. The molecule has 1 aliphatic rings. The molecule has 0 fully saturated rings.